The van der Waals surface area contributed by atoms with Crippen molar-refractivity contribution in [3.63, 3.8) is 0 Å². The van der Waals surface area contributed by atoms with E-state index in [1.54, 1.807) is 30.3 Å². The molecule has 12 heteroatoms. The largest absolute Gasteiger partial charge is 0.480 e. The third-order valence-corrected chi connectivity index (χ3v) is 6.46. The first-order valence-electron chi connectivity index (χ1n) is 11.2. The molecule has 0 spiro atoms. The van der Waals surface area contributed by atoms with Crippen molar-refractivity contribution in [2.24, 2.45) is 5.73 Å². The van der Waals surface area contributed by atoms with Crippen LogP contribution in [0.1, 0.15) is 25.3 Å². The van der Waals surface area contributed by atoms with Crippen molar-refractivity contribution in [2.75, 3.05) is 24.0 Å². The summed E-state index contributed by atoms with van der Waals surface area (Å²) in [5.74, 6) is -2.04. The van der Waals surface area contributed by atoms with Crippen LogP contribution < -0.4 is 21.7 Å². The quantitative estimate of drug-likeness (QED) is 0.173. The summed E-state index contributed by atoms with van der Waals surface area (Å²) in [6.45, 7) is 1.34. The van der Waals surface area contributed by atoms with Gasteiger partial charge in [0.2, 0.25) is 17.7 Å². The Morgan fingerprint density at radius 1 is 0.886 bits per heavy atom. The highest BCUT2D eigenvalue weighted by molar-refractivity contribution is 7.98. The molecule has 0 radical (unpaired) electrons. The van der Waals surface area contributed by atoms with Crippen LogP contribution in [0.15, 0.2) is 30.3 Å². The molecule has 0 fully saturated rings. The van der Waals surface area contributed by atoms with Gasteiger partial charge in [-0.05, 0) is 49.3 Å². The molecule has 0 bridgehead atoms. The Kier molecular flexibility index (Phi) is 14.4. The van der Waals surface area contributed by atoms with Crippen molar-refractivity contribution in [2.45, 2.75) is 56.5 Å². The molecule has 35 heavy (non-hydrogen) atoms. The zero-order valence-corrected chi connectivity index (χ0v) is 21.9. The van der Waals surface area contributed by atoms with E-state index in [1.165, 1.54) is 30.4 Å². The minimum absolute atomic E-state index is 0.0748. The van der Waals surface area contributed by atoms with Gasteiger partial charge in [0.1, 0.15) is 18.1 Å². The summed E-state index contributed by atoms with van der Waals surface area (Å²) < 4.78 is 0. The molecule has 1 rings (SSSR count). The number of aliphatic carboxylic acids is 1. The zero-order valence-electron chi connectivity index (χ0n) is 20.2. The Labute approximate surface area is 214 Å². The number of amides is 3. The van der Waals surface area contributed by atoms with E-state index in [4.69, 9.17) is 5.73 Å². The van der Waals surface area contributed by atoms with Crippen molar-refractivity contribution < 1.29 is 29.4 Å². The monoisotopic (exact) mass is 528 g/mol. The number of thioether (sulfide) groups is 2. The first kappa shape index (κ1) is 30.8. The molecule has 10 nitrogen and oxygen atoms in total. The molecule has 0 saturated heterocycles. The van der Waals surface area contributed by atoms with Gasteiger partial charge in [0.25, 0.3) is 0 Å². The van der Waals surface area contributed by atoms with E-state index in [2.05, 4.69) is 16.0 Å². The van der Waals surface area contributed by atoms with Crippen LogP contribution in [0.4, 0.5) is 0 Å². The normalized spacial score (nSPS) is 15.2. The van der Waals surface area contributed by atoms with E-state index in [0.29, 0.717) is 17.9 Å². The van der Waals surface area contributed by atoms with Gasteiger partial charge < -0.3 is 31.9 Å². The van der Waals surface area contributed by atoms with Crippen molar-refractivity contribution in [1.82, 2.24) is 16.0 Å². The molecule has 7 N–H and O–H groups in total. The van der Waals surface area contributed by atoms with Crippen LogP contribution >= 0.6 is 23.5 Å². The maximum absolute atomic E-state index is 13.0. The molecule has 5 unspecified atom stereocenters. The number of aliphatic hydroxyl groups is 1. The lowest BCUT2D eigenvalue weighted by Gasteiger charge is -2.26. The van der Waals surface area contributed by atoms with Crippen molar-refractivity contribution in [3.8, 4) is 0 Å². The minimum Gasteiger partial charge on any atom is -0.480 e. The molecule has 0 aliphatic rings. The van der Waals surface area contributed by atoms with Crippen LogP contribution in [0.3, 0.4) is 0 Å². The molecular formula is C23H36N4O6S2. The fourth-order valence-corrected chi connectivity index (χ4v) is 4.09. The first-order chi connectivity index (χ1) is 16.6. The van der Waals surface area contributed by atoms with Crippen molar-refractivity contribution in [1.29, 1.82) is 0 Å². The summed E-state index contributed by atoms with van der Waals surface area (Å²) in [6.07, 6.45) is 3.17. The van der Waals surface area contributed by atoms with Gasteiger partial charge in [-0.25, -0.2) is 4.79 Å². The second-order valence-electron chi connectivity index (χ2n) is 8.05. The standard InChI is InChI=1S/C23H36N4O6S2/c1-14(28)19(27-20(29)16(24)9-11-34-2)22(31)25-17(10-12-35-3)21(30)26-18(23(32)33)13-15-7-5-4-6-8-15/h4-8,14,16-19,28H,9-13,24H2,1-3H3,(H,25,31)(H,26,30)(H,27,29)(H,32,33). The number of hydrogen-bond acceptors (Lipinski definition) is 8. The molecule has 3 amide bonds. The minimum atomic E-state index is -1.33. The molecule has 0 saturated carbocycles. The molecule has 0 aliphatic carbocycles. The molecule has 1 aromatic carbocycles. The highest BCUT2D eigenvalue weighted by Gasteiger charge is 2.32. The number of carboxylic acid groups (broad SMARTS) is 1. The van der Waals surface area contributed by atoms with E-state index in [9.17, 15) is 29.4 Å². The van der Waals surface area contributed by atoms with E-state index >= 15 is 0 Å². The SMILES string of the molecule is CSCCC(N)C(=O)NC(C(=O)NC(CCSC)C(=O)NC(Cc1ccccc1)C(=O)O)C(C)O. The lowest BCUT2D eigenvalue weighted by molar-refractivity contribution is -0.142. The van der Waals surface area contributed by atoms with Gasteiger partial charge >= 0.3 is 5.97 Å². The second kappa shape index (κ2) is 16.4. The summed E-state index contributed by atoms with van der Waals surface area (Å²) in [4.78, 5) is 50.0. The number of carboxylic acids is 1. The van der Waals surface area contributed by atoms with Gasteiger partial charge in [0.05, 0.1) is 12.1 Å². The number of nitrogens with two attached hydrogens (primary N) is 1. The van der Waals surface area contributed by atoms with Gasteiger partial charge in [0, 0.05) is 6.42 Å². The molecule has 1 aromatic rings. The van der Waals surface area contributed by atoms with Gasteiger partial charge in [-0.1, -0.05) is 30.3 Å². The van der Waals surface area contributed by atoms with Crippen molar-refractivity contribution in [3.05, 3.63) is 35.9 Å². The lowest BCUT2D eigenvalue weighted by atomic mass is 10.0. The van der Waals surface area contributed by atoms with Crippen LogP contribution in [0.2, 0.25) is 0 Å². The van der Waals surface area contributed by atoms with Gasteiger partial charge in [0.15, 0.2) is 0 Å². The third-order valence-electron chi connectivity index (χ3n) is 5.17. The van der Waals surface area contributed by atoms with E-state index in [1.807, 2.05) is 12.5 Å². The molecular weight excluding hydrogens is 492 g/mol. The Balaban J connectivity index is 2.92. The third kappa shape index (κ3) is 11.3. The zero-order chi connectivity index (χ0) is 26.4. The Bertz CT molecular complexity index is 827. The van der Waals surface area contributed by atoms with Crippen LogP contribution in [-0.4, -0.2) is 88.2 Å². The molecule has 0 aliphatic heterocycles. The lowest BCUT2D eigenvalue weighted by Crippen LogP contribution is -2.60. The van der Waals surface area contributed by atoms with Gasteiger partial charge in [-0.15, -0.1) is 0 Å². The summed E-state index contributed by atoms with van der Waals surface area (Å²) in [5, 5.41) is 27.2. The van der Waals surface area contributed by atoms with Gasteiger partial charge in [-0.3, -0.25) is 14.4 Å². The highest BCUT2D eigenvalue weighted by atomic mass is 32.2. The molecule has 0 aromatic heterocycles. The van der Waals surface area contributed by atoms with Crippen LogP contribution in [0.25, 0.3) is 0 Å². The number of rotatable bonds is 16. The topological polar surface area (TPSA) is 171 Å². The van der Waals surface area contributed by atoms with E-state index < -0.39 is 54.0 Å². The summed E-state index contributed by atoms with van der Waals surface area (Å²) in [7, 11) is 0. The van der Waals surface area contributed by atoms with Crippen LogP contribution in [0.5, 0.6) is 0 Å². The highest BCUT2D eigenvalue weighted by Crippen LogP contribution is 2.07. The van der Waals surface area contributed by atoms with Crippen LogP contribution in [-0.2, 0) is 25.6 Å². The summed E-state index contributed by atoms with van der Waals surface area (Å²) in [6, 6.07) is 4.44. The molecule has 5 atom stereocenters. The number of hydrogen-bond donors (Lipinski definition) is 6. The Morgan fingerprint density at radius 3 is 2.00 bits per heavy atom. The number of nitrogens with one attached hydrogen (secondary N) is 3. The predicted molar refractivity (Wildman–Crippen MR) is 139 cm³/mol. The second-order valence-corrected chi connectivity index (χ2v) is 10.0. The average molecular weight is 529 g/mol. The number of carbonyl (C=O) groups excluding carboxylic acids is 3. The predicted octanol–water partition coefficient (Wildman–Crippen LogP) is -0.0176. The average Bonchev–Trinajstić information content (AvgIpc) is 2.82. The van der Waals surface area contributed by atoms with E-state index in [0.717, 1.165) is 5.56 Å². The Hall–Kier alpha value is -2.28. The number of benzene rings is 1. The number of carbonyl (C=O) groups is 4. The Morgan fingerprint density at radius 2 is 1.46 bits per heavy atom. The van der Waals surface area contributed by atoms with Crippen molar-refractivity contribution >= 4 is 47.2 Å². The molecule has 196 valence electrons. The van der Waals surface area contributed by atoms with E-state index in [-0.39, 0.29) is 12.8 Å². The fraction of sp³-hybridized carbons (Fsp3) is 0.565. The summed E-state index contributed by atoms with van der Waals surface area (Å²) >= 11 is 2.98. The maximum Gasteiger partial charge on any atom is 0.326 e. The van der Waals surface area contributed by atoms with Crippen LogP contribution in [0, 0.1) is 0 Å². The maximum atomic E-state index is 13.0. The number of aliphatic hydroxyl groups excluding tert-OH is 1. The smallest absolute Gasteiger partial charge is 0.326 e. The molecule has 0 heterocycles. The fourth-order valence-electron chi connectivity index (χ4n) is 3.13. The van der Waals surface area contributed by atoms with Gasteiger partial charge in [-0.2, -0.15) is 23.5 Å². The summed E-state index contributed by atoms with van der Waals surface area (Å²) in [5.41, 5.74) is 6.59. The first-order valence-corrected chi connectivity index (χ1v) is 14.0.